The molecule has 0 bridgehead atoms. The number of nitrogens with zero attached hydrogens (tertiary/aromatic N) is 1. The van der Waals surface area contributed by atoms with Gasteiger partial charge in [-0.1, -0.05) is 0 Å². The number of hydrogen-bond donors (Lipinski definition) is 0. The van der Waals surface area contributed by atoms with Crippen molar-refractivity contribution in [2.75, 3.05) is 13.7 Å². The lowest BCUT2D eigenvalue weighted by atomic mass is 10.0. The summed E-state index contributed by atoms with van der Waals surface area (Å²) in [6.45, 7) is 1.82. The van der Waals surface area contributed by atoms with E-state index in [-0.39, 0.29) is 41.5 Å². The van der Waals surface area contributed by atoms with Crippen molar-refractivity contribution in [2.24, 2.45) is 0 Å². The Kier molecular flexibility index (Phi) is 5.95. The maximum absolute atomic E-state index is 12.9. The van der Waals surface area contributed by atoms with Crippen molar-refractivity contribution in [1.82, 2.24) is 4.98 Å². The lowest BCUT2D eigenvalue weighted by Crippen LogP contribution is -2.13. The molecule has 0 fully saturated rings. The maximum Gasteiger partial charge on any atom is 0.310 e. The third kappa shape index (κ3) is 3.76. The Morgan fingerprint density at radius 2 is 2.16 bits per heavy atom. The zero-order chi connectivity index (χ0) is 14.4. The van der Waals surface area contributed by atoms with Gasteiger partial charge in [0.15, 0.2) is 0 Å². The number of aromatic nitrogens is 1. The largest absolute Gasteiger partial charge is 0.481 e. The molecule has 0 atom stereocenters. The number of carbonyl (C=O) groups excluding carboxylic acids is 1. The highest BCUT2D eigenvalue weighted by atomic mass is 35.5. The Bertz CT molecular complexity index is 455. The minimum Gasteiger partial charge on any atom is -0.481 e. The van der Waals surface area contributed by atoms with Crippen LogP contribution in [0.2, 0.25) is 0 Å². The summed E-state index contributed by atoms with van der Waals surface area (Å²) in [5.74, 6) is -0.534. The second-order valence-corrected chi connectivity index (χ2v) is 3.86. The molecule has 0 aliphatic heterocycles. The molecule has 0 amide bonds. The van der Waals surface area contributed by atoms with Crippen molar-refractivity contribution < 1.29 is 23.0 Å². The molecule has 0 aromatic carbocycles. The van der Waals surface area contributed by atoms with E-state index in [4.69, 9.17) is 21.1 Å². The van der Waals surface area contributed by atoms with Crippen LogP contribution < -0.4 is 4.74 Å². The number of esters is 1. The fourth-order valence-corrected chi connectivity index (χ4v) is 1.93. The number of rotatable bonds is 6. The highest BCUT2D eigenvalue weighted by Crippen LogP contribution is 2.31. The van der Waals surface area contributed by atoms with Gasteiger partial charge in [0.25, 0.3) is 6.43 Å². The molecular formula is C12H14ClF2NO3. The predicted octanol–water partition coefficient (Wildman–Crippen LogP) is 2.87. The van der Waals surface area contributed by atoms with Gasteiger partial charge in [-0.25, -0.2) is 13.8 Å². The molecule has 4 nitrogen and oxygen atoms in total. The first-order valence-electron chi connectivity index (χ1n) is 5.59. The van der Waals surface area contributed by atoms with Crippen LogP contribution in [-0.2, 0) is 21.8 Å². The highest BCUT2D eigenvalue weighted by Gasteiger charge is 2.22. The van der Waals surface area contributed by atoms with E-state index in [9.17, 15) is 13.6 Å². The van der Waals surface area contributed by atoms with Crippen LogP contribution in [0.4, 0.5) is 8.78 Å². The second kappa shape index (κ2) is 7.23. The lowest BCUT2D eigenvalue weighted by Gasteiger charge is -2.14. The Labute approximate surface area is 114 Å². The number of carbonyl (C=O) groups is 1. The molecule has 0 aliphatic rings. The topological polar surface area (TPSA) is 48.4 Å². The van der Waals surface area contributed by atoms with Gasteiger partial charge in [0.05, 0.1) is 26.0 Å². The van der Waals surface area contributed by atoms with E-state index in [1.54, 1.807) is 6.92 Å². The van der Waals surface area contributed by atoms with Crippen molar-refractivity contribution in [3.8, 4) is 5.88 Å². The molecule has 0 saturated carbocycles. The minimum absolute atomic E-state index is 0.0779. The van der Waals surface area contributed by atoms with Crippen molar-refractivity contribution in [2.45, 2.75) is 25.7 Å². The van der Waals surface area contributed by atoms with E-state index in [1.807, 2.05) is 0 Å². The molecule has 7 heteroatoms. The number of halogens is 3. The summed E-state index contributed by atoms with van der Waals surface area (Å²) in [6, 6.07) is 0. The van der Waals surface area contributed by atoms with Gasteiger partial charge in [-0.3, -0.25) is 4.79 Å². The number of hydrogen-bond acceptors (Lipinski definition) is 4. The lowest BCUT2D eigenvalue weighted by molar-refractivity contribution is -0.142. The second-order valence-electron chi connectivity index (χ2n) is 3.60. The summed E-state index contributed by atoms with van der Waals surface area (Å²) in [7, 11) is 1.36. The van der Waals surface area contributed by atoms with E-state index in [2.05, 4.69) is 4.98 Å². The third-order valence-electron chi connectivity index (χ3n) is 2.48. The van der Waals surface area contributed by atoms with Gasteiger partial charge in [0.2, 0.25) is 5.88 Å². The van der Waals surface area contributed by atoms with Gasteiger partial charge in [-0.05, 0) is 12.5 Å². The quantitative estimate of drug-likeness (QED) is 0.598. The van der Waals surface area contributed by atoms with E-state index in [0.29, 0.717) is 0 Å². The van der Waals surface area contributed by atoms with Gasteiger partial charge >= 0.3 is 5.97 Å². The summed E-state index contributed by atoms with van der Waals surface area (Å²) in [5.41, 5.74) is 0.0785. The van der Waals surface area contributed by atoms with E-state index in [1.165, 1.54) is 7.11 Å². The first-order chi connectivity index (χ1) is 9.04. The molecule has 1 aromatic heterocycles. The molecule has 1 rings (SSSR count). The molecule has 19 heavy (non-hydrogen) atoms. The van der Waals surface area contributed by atoms with Gasteiger partial charge < -0.3 is 9.47 Å². The van der Waals surface area contributed by atoms with Crippen LogP contribution >= 0.6 is 11.6 Å². The molecule has 1 aromatic rings. The zero-order valence-corrected chi connectivity index (χ0v) is 11.3. The fraction of sp³-hybridized carbons (Fsp3) is 0.500. The van der Waals surface area contributed by atoms with Crippen LogP contribution in [-0.4, -0.2) is 24.7 Å². The Morgan fingerprint density at radius 3 is 2.63 bits per heavy atom. The van der Waals surface area contributed by atoms with Crippen LogP contribution in [0.5, 0.6) is 5.88 Å². The summed E-state index contributed by atoms with van der Waals surface area (Å²) in [6.07, 6.45) is -2.03. The first kappa shape index (κ1) is 15.6. The average molecular weight is 294 g/mol. The molecule has 0 aliphatic carbocycles. The molecule has 0 saturated heterocycles. The fourth-order valence-electron chi connectivity index (χ4n) is 1.65. The first-order valence-corrected chi connectivity index (χ1v) is 6.12. The van der Waals surface area contributed by atoms with E-state index in [0.717, 1.165) is 6.20 Å². The summed E-state index contributed by atoms with van der Waals surface area (Å²) in [5, 5.41) is 0. The number of alkyl halides is 3. The summed E-state index contributed by atoms with van der Waals surface area (Å²) < 4.78 is 35.6. The number of pyridine rings is 1. The average Bonchev–Trinajstić information content (AvgIpc) is 2.37. The SMILES string of the molecule is CCOC(=O)Cc1c(C(F)F)cnc(OC)c1CCl. The molecular weight excluding hydrogens is 280 g/mol. The van der Waals surface area contributed by atoms with Gasteiger partial charge in [-0.2, -0.15) is 0 Å². The number of ether oxygens (including phenoxy) is 2. The van der Waals surface area contributed by atoms with Gasteiger partial charge in [0, 0.05) is 17.3 Å². The molecule has 0 N–H and O–H groups in total. The zero-order valence-electron chi connectivity index (χ0n) is 10.6. The molecule has 0 spiro atoms. The van der Waals surface area contributed by atoms with Crippen molar-refractivity contribution >= 4 is 17.6 Å². The van der Waals surface area contributed by atoms with Crippen molar-refractivity contribution in [1.29, 1.82) is 0 Å². The van der Waals surface area contributed by atoms with Crippen LogP contribution in [0.1, 0.15) is 30.0 Å². The van der Waals surface area contributed by atoms with Crippen molar-refractivity contribution in [3.05, 3.63) is 22.9 Å². The summed E-state index contributed by atoms with van der Waals surface area (Å²) in [4.78, 5) is 15.2. The molecule has 0 radical (unpaired) electrons. The van der Waals surface area contributed by atoms with Gasteiger partial charge in [-0.15, -0.1) is 11.6 Å². The Hall–Kier alpha value is -1.43. The van der Waals surface area contributed by atoms with Crippen LogP contribution in [0.15, 0.2) is 6.20 Å². The maximum atomic E-state index is 12.9. The third-order valence-corrected chi connectivity index (χ3v) is 2.75. The van der Waals surface area contributed by atoms with E-state index < -0.39 is 12.4 Å². The summed E-state index contributed by atoms with van der Waals surface area (Å²) >= 11 is 5.74. The van der Waals surface area contributed by atoms with Crippen molar-refractivity contribution in [3.63, 3.8) is 0 Å². The molecule has 1 heterocycles. The highest BCUT2D eigenvalue weighted by molar-refractivity contribution is 6.17. The normalized spacial score (nSPS) is 10.6. The monoisotopic (exact) mass is 293 g/mol. The smallest absolute Gasteiger partial charge is 0.310 e. The Morgan fingerprint density at radius 1 is 1.47 bits per heavy atom. The van der Waals surface area contributed by atoms with Gasteiger partial charge in [0.1, 0.15) is 0 Å². The minimum atomic E-state index is -2.75. The van der Waals surface area contributed by atoms with Crippen LogP contribution in [0.25, 0.3) is 0 Å². The van der Waals surface area contributed by atoms with Crippen LogP contribution in [0.3, 0.4) is 0 Å². The van der Waals surface area contributed by atoms with Crippen LogP contribution in [0, 0.1) is 0 Å². The molecule has 106 valence electrons. The van der Waals surface area contributed by atoms with E-state index >= 15 is 0 Å². The number of methoxy groups -OCH3 is 1. The standard InChI is InChI=1S/C12H14ClF2NO3/c1-3-19-10(17)4-7-8(5-13)12(18-2)16-6-9(7)11(14)15/h6,11H,3-5H2,1-2H3. The molecule has 0 unspecified atom stereocenters. The Balaban J connectivity index is 3.25. The predicted molar refractivity (Wildman–Crippen MR) is 65.6 cm³/mol.